The topological polar surface area (TPSA) is 108 Å². The molecule has 0 saturated heterocycles. The highest BCUT2D eigenvalue weighted by atomic mass is 32.2. The van der Waals surface area contributed by atoms with Crippen LogP contribution in [-0.2, 0) is 10.0 Å². The summed E-state index contributed by atoms with van der Waals surface area (Å²) in [5.41, 5.74) is -0.0782. The number of nitrogens with zero attached hydrogens (tertiary/aromatic N) is 2. The average molecular weight is 288 g/mol. The Morgan fingerprint density at radius 2 is 2.11 bits per heavy atom. The lowest BCUT2D eigenvalue weighted by atomic mass is 10.3. The zero-order valence-electron chi connectivity index (χ0n) is 10.6. The molecule has 0 spiro atoms. The number of pyridine rings is 1. The summed E-state index contributed by atoms with van der Waals surface area (Å²) in [5.74, 6) is -1.17. The first kappa shape index (κ1) is 15.5. The molecule has 0 aliphatic heterocycles. The number of aromatic carboxylic acids is 1. The number of carbonyl (C=O) groups is 1. The van der Waals surface area contributed by atoms with Crippen molar-refractivity contribution in [2.45, 2.75) is 24.5 Å². The molecular weight excluding hydrogens is 272 g/mol. The maximum atomic E-state index is 12.1. The van der Waals surface area contributed by atoms with Crippen molar-refractivity contribution in [1.82, 2.24) is 9.29 Å². The number of aliphatic hydroxyl groups is 1. The lowest BCUT2D eigenvalue weighted by Crippen LogP contribution is -2.30. The highest BCUT2D eigenvalue weighted by Gasteiger charge is 2.22. The van der Waals surface area contributed by atoms with Crippen molar-refractivity contribution < 1.29 is 23.4 Å². The summed E-state index contributed by atoms with van der Waals surface area (Å²) in [4.78, 5) is 14.3. The van der Waals surface area contributed by atoms with Gasteiger partial charge in [0.25, 0.3) is 10.0 Å². The molecule has 0 aliphatic carbocycles. The van der Waals surface area contributed by atoms with Gasteiger partial charge >= 0.3 is 5.97 Å². The van der Waals surface area contributed by atoms with E-state index < -0.39 is 22.1 Å². The van der Waals surface area contributed by atoms with E-state index in [0.717, 1.165) is 16.6 Å². The maximum Gasteiger partial charge on any atom is 0.337 e. The van der Waals surface area contributed by atoms with Crippen LogP contribution in [0.2, 0.25) is 0 Å². The molecule has 1 rings (SSSR count). The zero-order valence-corrected chi connectivity index (χ0v) is 11.5. The van der Waals surface area contributed by atoms with Gasteiger partial charge in [-0.25, -0.2) is 18.2 Å². The van der Waals surface area contributed by atoms with E-state index in [1.54, 1.807) is 6.92 Å². The summed E-state index contributed by atoms with van der Waals surface area (Å²) in [6.45, 7) is 1.72. The van der Waals surface area contributed by atoms with Gasteiger partial charge in [-0.3, -0.25) is 0 Å². The van der Waals surface area contributed by atoms with E-state index in [0.29, 0.717) is 6.42 Å². The van der Waals surface area contributed by atoms with Gasteiger partial charge in [0.05, 0.1) is 11.7 Å². The summed E-state index contributed by atoms with van der Waals surface area (Å²) in [6.07, 6.45) is 0.709. The third-order valence-electron chi connectivity index (χ3n) is 2.52. The van der Waals surface area contributed by atoms with E-state index in [-0.39, 0.29) is 17.1 Å². The predicted molar refractivity (Wildman–Crippen MR) is 67.3 cm³/mol. The molecule has 1 aromatic heterocycles. The Morgan fingerprint density at radius 1 is 1.47 bits per heavy atom. The molecular formula is C11H16N2O5S. The van der Waals surface area contributed by atoms with E-state index in [9.17, 15) is 13.2 Å². The van der Waals surface area contributed by atoms with Crippen molar-refractivity contribution in [3.05, 3.63) is 23.9 Å². The van der Waals surface area contributed by atoms with Gasteiger partial charge in [-0.05, 0) is 25.5 Å². The van der Waals surface area contributed by atoms with Crippen LogP contribution in [0.4, 0.5) is 0 Å². The fourth-order valence-corrected chi connectivity index (χ4v) is 2.40. The molecule has 106 valence electrons. The highest BCUT2D eigenvalue weighted by Crippen LogP contribution is 2.12. The molecule has 0 bridgehead atoms. The molecule has 8 heteroatoms. The quantitative estimate of drug-likeness (QED) is 0.772. The van der Waals surface area contributed by atoms with Crippen LogP contribution < -0.4 is 0 Å². The Labute approximate surface area is 111 Å². The van der Waals surface area contributed by atoms with E-state index in [4.69, 9.17) is 10.2 Å². The lowest BCUT2D eigenvalue weighted by Gasteiger charge is -2.17. The van der Waals surface area contributed by atoms with E-state index in [2.05, 4.69) is 4.98 Å². The number of sulfonamides is 1. The largest absolute Gasteiger partial charge is 0.478 e. The monoisotopic (exact) mass is 288 g/mol. The second-order valence-corrected chi connectivity index (χ2v) is 6.15. The molecule has 0 fully saturated rings. The third kappa shape index (κ3) is 3.98. The molecule has 0 saturated carbocycles. The van der Waals surface area contributed by atoms with Crippen molar-refractivity contribution in [3.63, 3.8) is 0 Å². The summed E-state index contributed by atoms with van der Waals surface area (Å²) in [7, 11) is -2.38. The Hall–Kier alpha value is -1.51. The molecule has 1 unspecified atom stereocenters. The number of rotatable bonds is 6. The average Bonchev–Trinajstić information content (AvgIpc) is 2.35. The lowest BCUT2D eigenvalue weighted by molar-refractivity contribution is 0.0696. The minimum absolute atomic E-state index is 0.0782. The maximum absolute atomic E-state index is 12.1. The van der Waals surface area contributed by atoms with Gasteiger partial charge in [-0.15, -0.1) is 0 Å². The summed E-state index contributed by atoms with van der Waals surface area (Å²) in [6, 6.07) is 2.34. The molecule has 1 atom stereocenters. The third-order valence-corrected chi connectivity index (χ3v) is 4.29. The smallest absolute Gasteiger partial charge is 0.337 e. The Kier molecular flexibility index (Phi) is 4.98. The summed E-state index contributed by atoms with van der Waals surface area (Å²) < 4.78 is 25.2. The van der Waals surface area contributed by atoms with Crippen LogP contribution in [0.15, 0.2) is 23.4 Å². The Balaban J connectivity index is 2.90. The van der Waals surface area contributed by atoms with Crippen LogP contribution in [0.1, 0.15) is 23.7 Å². The summed E-state index contributed by atoms with van der Waals surface area (Å²) in [5, 5.41) is 17.6. The van der Waals surface area contributed by atoms with E-state index in [1.807, 2.05) is 0 Å². The molecule has 7 nitrogen and oxygen atoms in total. The molecule has 0 aliphatic rings. The fraction of sp³-hybridized carbons (Fsp3) is 0.455. The number of aliphatic hydroxyl groups excluding tert-OH is 1. The standard InChI is InChI=1S/C11H16N2O5S/c1-8(14)5-6-13(2)19(17,18)10-4-3-9(7-12-10)11(15)16/h3-4,7-8,14H,5-6H2,1-2H3,(H,15,16). The second-order valence-electron chi connectivity index (χ2n) is 4.15. The van der Waals surface area contributed by atoms with Gasteiger partial charge in [-0.1, -0.05) is 0 Å². The normalized spacial score (nSPS) is 13.5. The molecule has 1 heterocycles. The molecule has 19 heavy (non-hydrogen) atoms. The van der Waals surface area contributed by atoms with Crippen molar-refractivity contribution >= 4 is 16.0 Å². The second kappa shape index (κ2) is 6.09. The molecule has 0 radical (unpaired) electrons. The number of hydrogen-bond donors (Lipinski definition) is 2. The van der Waals surface area contributed by atoms with Crippen molar-refractivity contribution in [2.24, 2.45) is 0 Å². The van der Waals surface area contributed by atoms with Gasteiger partial charge in [0.1, 0.15) is 0 Å². The zero-order chi connectivity index (χ0) is 14.6. The fourth-order valence-electron chi connectivity index (χ4n) is 1.31. The predicted octanol–water partition coefficient (Wildman–Crippen LogP) is 0.171. The molecule has 0 amide bonds. The Morgan fingerprint density at radius 3 is 2.53 bits per heavy atom. The summed E-state index contributed by atoms with van der Waals surface area (Å²) >= 11 is 0. The van der Waals surface area contributed by atoms with Crippen LogP contribution in [0.25, 0.3) is 0 Å². The number of hydrogen-bond acceptors (Lipinski definition) is 5. The Bertz CT molecular complexity index is 539. The first-order valence-electron chi connectivity index (χ1n) is 5.59. The molecule has 1 aromatic rings. The van der Waals surface area contributed by atoms with Crippen LogP contribution in [0, 0.1) is 0 Å². The molecule has 0 aromatic carbocycles. The van der Waals surface area contributed by atoms with Crippen LogP contribution in [0.3, 0.4) is 0 Å². The van der Waals surface area contributed by atoms with E-state index >= 15 is 0 Å². The minimum Gasteiger partial charge on any atom is -0.478 e. The van der Waals surface area contributed by atoms with Gasteiger partial charge in [0, 0.05) is 19.8 Å². The van der Waals surface area contributed by atoms with Crippen LogP contribution >= 0.6 is 0 Å². The van der Waals surface area contributed by atoms with Crippen LogP contribution in [0.5, 0.6) is 0 Å². The minimum atomic E-state index is -3.76. The van der Waals surface area contributed by atoms with Gasteiger partial charge < -0.3 is 10.2 Å². The van der Waals surface area contributed by atoms with Crippen LogP contribution in [-0.4, -0.2) is 53.6 Å². The first-order chi connectivity index (χ1) is 8.75. The van der Waals surface area contributed by atoms with Crippen molar-refractivity contribution in [2.75, 3.05) is 13.6 Å². The van der Waals surface area contributed by atoms with Gasteiger partial charge in [0.2, 0.25) is 0 Å². The SMILES string of the molecule is CC(O)CCN(C)S(=O)(=O)c1ccc(C(=O)O)cn1. The first-order valence-corrected chi connectivity index (χ1v) is 7.03. The number of carboxylic acids is 1. The van der Waals surface area contributed by atoms with Crippen molar-refractivity contribution in [3.8, 4) is 0 Å². The number of aromatic nitrogens is 1. The van der Waals surface area contributed by atoms with Gasteiger partial charge in [-0.2, -0.15) is 4.31 Å². The highest BCUT2D eigenvalue weighted by molar-refractivity contribution is 7.89. The van der Waals surface area contributed by atoms with Crippen molar-refractivity contribution in [1.29, 1.82) is 0 Å². The van der Waals surface area contributed by atoms with Gasteiger partial charge in [0.15, 0.2) is 5.03 Å². The van der Waals surface area contributed by atoms with E-state index in [1.165, 1.54) is 13.1 Å². The number of carboxylic acid groups (broad SMARTS) is 1. The molecule has 2 N–H and O–H groups in total.